The van der Waals surface area contributed by atoms with Gasteiger partial charge in [-0.25, -0.2) is 9.99 Å². The SMILES string of the molecule is COCc1cccnc1N1CC(CN2CCC3(CC2)OCCc2cc(F)sc23)C(C)=N1. The maximum atomic E-state index is 13.9. The third-order valence-electron chi connectivity index (χ3n) is 6.76. The van der Waals surface area contributed by atoms with Gasteiger partial charge in [0.2, 0.25) is 0 Å². The van der Waals surface area contributed by atoms with E-state index < -0.39 is 0 Å². The number of anilines is 1. The Balaban J connectivity index is 1.23. The van der Waals surface area contributed by atoms with Crippen LogP contribution in [0.2, 0.25) is 0 Å². The molecule has 3 aliphatic heterocycles. The molecule has 0 saturated carbocycles. The first kappa shape index (κ1) is 21.0. The van der Waals surface area contributed by atoms with Crippen LogP contribution < -0.4 is 5.01 Å². The molecule has 0 aromatic carbocycles. The van der Waals surface area contributed by atoms with Crippen LogP contribution in [-0.4, -0.2) is 55.5 Å². The number of piperidine rings is 1. The van der Waals surface area contributed by atoms with Crippen LogP contribution in [0.25, 0.3) is 0 Å². The lowest BCUT2D eigenvalue weighted by molar-refractivity contribution is -0.0955. The fraction of sp³-hybridized carbons (Fsp3) is 0.565. The molecule has 2 aromatic heterocycles. The first-order chi connectivity index (χ1) is 15.1. The summed E-state index contributed by atoms with van der Waals surface area (Å²) in [5, 5.41) is 6.74. The van der Waals surface area contributed by atoms with Gasteiger partial charge in [0.05, 0.1) is 19.8 Å². The Kier molecular flexibility index (Phi) is 5.81. The van der Waals surface area contributed by atoms with Crippen LogP contribution in [0.15, 0.2) is 29.5 Å². The summed E-state index contributed by atoms with van der Waals surface area (Å²) >= 11 is 1.28. The van der Waals surface area contributed by atoms with E-state index in [2.05, 4.69) is 16.8 Å². The van der Waals surface area contributed by atoms with Crippen molar-refractivity contribution < 1.29 is 13.9 Å². The van der Waals surface area contributed by atoms with Crippen molar-refractivity contribution in [2.75, 3.05) is 44.9 Å². The van der Waals surface area contributed by atoms with Crippen LogP contribution in [0.3, 0.4) is 0 Å². The number of rotatable bonds is 5. The monoisotopic (exact) mass is 444 g/mol. The maximum absolute atomic E-state index is 13.9. The molecule has 0 aliphatic carbocycles. The Morgan fingerprint density at radius 2 is 2.19 bits per heavy atom. The molecular weight excluding hydrogens is 415 g/mol. The number of methoxy groups -OCH3 is 1. The number of thiophene rings is 1. The summed E-state index contributed by atoms with van der Waals surface area (Å²) in [6.45, 7) is 7.05. The van der Waals surface area contributed by atoms with E-state index in [4.69, 9.17) is 14.6 Å². The molecule has 0 amide bonds. The second-order valence-corrected chi connectivity index (χ2v) is 9.74. The molecule has 0 radical (unpaired) electrons. The van der Waals surface area contributed by atoms with E-state index in [0.29, 0.717) is 19.1 Å². The average molecular weight is 445 g/mol. The standard InChI is InChI=1S/C23H29FN4O2S/c1-16-19(14-28(26-16)22-18(15-29-2)4-3-8-25-22)13-27-9-6-23(7-10-27)21-17(5-11-30-23)12-20(24)31-21/h3-4,8,12,19H,5-7,9-11,13-15H2,1-2H3. The summed E-state index contributed by atoms with van der Waals surface area (Å²) in [6.07, 6.45) is 4.48. The van der Waals surface area contributed by atoms with Crippen molar-refractivity contribution in [2.45, 2.75) is 38.4 Å². The highest BCUT2D eigenvalue weighted by Gasteiger charge is 2.43. The van der Waals surface area contributed by atoms with Gasteiger partial charge < -0.3 is 14.4 Å². The Hall–Kier alpha value is -1.87. The minimum absolute atomic E-state index is 0.0856. The molecule has 5 heterocycles. The smallest absolute Gasteiger partial charge is 0.177 e. The number of hydrogen-bond acceptors (Lipinski definition) is 7. The zero-order valence-electron chi connectivity index (χ0n) is 18.1. The summed E-state index contributed by atoms with van der Waals surface area (Å²) in [6, 6.07) is 5.68. The molecule has 31 heavy (non-hydrogen) atoms. The Morgan fingerprint density at radius 1 is 1.35 bits per heavy atom. The Morgan fingerprint density at radius 3 is 3.00 bits per heavy atom. The van der Waals surface area contributed by atoms with Gasteiger partial charge in [-0.05, 0) is 43.9 Å². The number of hydrazone groups is 1. The van der Waals surface area contributed by atoms with Crippen molar-refractivity contribution in [3.05, 3.63) is 45.5 Å². The number of ether oxygens (including phenoxy) is 2. The van der Waals surface area contributed by atoms with E-state index >= 15 is 0 Å². The summed E-state index contributed by atoms with van der Waals surface area (Å²) in [5.74, 6) is 1.25. The quantitative estimate of drug-likeness (QED) is 0.702. The van der Waals surface area contributed by atoms with Crippen molar-refractivity contribution in [1.29, 1.82) is 0 Å². The van der Waals surface area contributed by atoms with Gasteiger partial charge in [0, 0.05) is 55.0 Å². The van der Waals surface area contributed by atoms with Crippen molar-refractivity contribution in [2.24, 2.45) is 11.0 Å². The van der Waals surface area contributed by atoms with Gasteiger partial charge in [-0.15, -0.1) is 11.3 Å². The third kappa shape index (κ3) is 4.02. The van der Waals surface area contributed by atoms with Gasteiger partial charge >= 0.3 is 0 Å². The predicted molar refractivity (Wildman–Crippen MR) is 120 cm³/mol. The number of halogens is 1. The molecule has 1 spiro atoms. The van der Waals surface area contributed by atoms with Crippen LogP contribution in [0.5, 0.6) is 0 Å². The highest BCUT2D eigenvalue weighted by atomic mass is 32.1. The van der Waals surface area contributed by atoms with Crippen LogP contribution >= 0.6 is 11.3 Å². The van der Waals surface area contributed by atoms with Crippen molar-refractivity contribution >= 4 is 22.9 Å². The molecule has 8 heteroatoms. The molecule has 1 unspecified atom stereocenters. The molecule has 2 aromatic rings. The van der Waals surface area contributed by atoms with E-state index in [0.717, 1.165) is 73.0 Å². The normalized spacial score (nSPS) is 23.3. The molecule has 0 N–H and O–H groups in total. The predicted octanol–water partition coefficient (Wildman–Crippen LogP) is 3.80. The minimum atomic E-state index is -0.285. The van der Waals surface area contributed by atoms with Gasteiger partial charge in [0.15, 0.2) is 10.9 Å². The summed E-state index contributed by atoms with van der Waals surface area (Å²) in [5.41, 5.74) is 3.06. The van der Waals surface area contributed by atoms with Crippen LogP contribution in [-0.2, 0) is 28.1 Å². The van der Waals surface area contributed by atoms with E-state index in [1.807, 2.05) is 23.3 Å². The molecule has 5 rings (SSSR count). The van der Waals surface area contributed by atoms with Crippen molar-refractivity contribution in [3.63, 3.8) is 0 Å². The van der Waals surface area contributed by atoms with E-state index in [1.165, 1.54) is 11.3 Å². The fourth-order valence-corrected chi connectivity index (χ4v) is 6.21. The van der Waals surface area contributed by atoms with Gasteiger partial charge in [0.25, 0.3) is 0 Å². The fourth-order valence-electron chi connectivity index (χ4n) is 5.08. The van der Waals surface area contributed by atoms with E-state index in [-0.39, 0.29) is 10.7 Å². The summed E-state index contributed by atoms with van der Waals surface area (Å²) in [7, 11) is 1.70. The number of likely N-dealkylation sites (tertiary alicyclic amines) is 1. The third-order valence-corrected chi connectivity index (χ3v) is 7.91. The number of aromatic nitrogens is 1. The molecule has 6 nitrogen and oxygen atoms in total. The largest absolute Gasteiger partial charge is 0.380 e. The van der Waals surface area contributed by atoms with Crippen LogP contribution in [0, 0.1) is 11.0 Å². The first-order valence-corrected chi connectivity index (χ1v) is 11.8. The van der Waals surface area contributed by atoms with Crippen LogP contribution in [0.1, 0.15) is 35.8 Å². The lowest BCUT2D eigenvalue weighted by Crippen LogP contribution is -2.47. The zero-order chi connectivity index (χ0) is 21.4. The number of hydrogen-bond donors (Lipinski definition) is 0. The van der Waals surface area contributed by atoms with Crippen LogP contribution in [0.4, 0.5) is 10.2 Å². The average Bonchev–Trinajstić information content (AvgIpc) is 3.33. The van der Waals surface area contributed by atoms with Gasteiger partial charge in [0.1, 0.15) is 5.60 Å². The summed E-state index contributed by atoms with van der Waals surface area (Å²) in [4.78, 5) is 8.19. The van der Waals surface area contributed by atoms with Gasteiger partial charge in [-0.3, -0.25) is 0 Å². The van der Waals surface area contributed by atoms with Crippen molar-refractivity contribution in [3.8, 4) is 0 Å². The topological polar surface area (TPSA) is 50.2 Å². The second-order valence-electron chi connectivity index (χ2n) is 8.74. The lowest BCUT2D eigenvalue weighted by atomic mass is 9.85. The molecule has 1 saturated heterocycles. The number of nitrogens with zero attached hydrogens (tertiary/aromatic N) is 4. The minimum Gasteiger partial charge on any atom is -0.380 e. The second kappa shape index (κ2) is 8.58. The molecule has 0 bridgehead atoms. The highest BCUT2D eigenvalue weighted by Crippen LogP contribution is 2.45. The zero-order valence-corrected chi connectivity index (χ0v) is 19.0. The van der Waals surface area contributed by atoms with Gasteiger partial charge in [-0.1, -0.05) is 6.07 Å². The highest BCUT2D eigenvalue weighted by molar-refractivity contribution is 7.10. The first-order valence-electron chi connectivity index (χ1n) is 11.0. The maximum Gasteiger partial charge on any atom is 0.177 e. The lowest BCUT2D eigenvalue weighted by Gasteiger charge is -2.44. The molecule has 3 aliphatic rings. The molecule has 166 valence electrons. The van der Waals surface area contributed by atoms with Gasteiger partial charge in [-0.2, -0.15) is 9.49 Å². The Labute approximate surface area is 186 Å². The Bertz CT molecular complexity index is 970. The number of fused-ring (bicyclic) bond motifs is 2. The van der Waals surface area contributed by atoms with E-state index in [1.54, 1.807) is 13.2 Å². The molecule has 1 atom stereocenters. The van der Waals surface area contributed by atoms with E-state index in [9.17, 15) is 4.39 Å². The molecular formula is C23H29FN4O2S. The number of pyridine rings is 1. The summed E-state index contributed by atoms with van der Waals surface area (Å²) < 4.78 is 25.5. The van der Waals surface area contributed by atoms with Crippen molar-refractivity contribution in [1.82, 2.24) is 9.88 Å². The molecule has 1 fully saturated rings.